The summed E-state index contributed by atoms with van der Waals surface area (Å²) in [5.74, 6) is 0.0397. The average Bonchev–Trinajstić information content (AvgIpc) is 3.03. The minimum absolute atomic E-state index is 0. The molecule has 6 heteroatoms. The number of benzene rings is 2. The molecule has 0 saturated carbocycles. The van der Waals surface area contributed by atoms with Gasteiger partial charge in [-0.25, -0.2) is 0 Å². The van der Waals surface area contributed by atoms with E-state index in [1.807, 2.05) is 36.4 Å². The molecular weight excluding hydrogens is 369 g/mol. The molecule has 0 bridgehead atoms. The van der Waals surface area contributed by atoms with Crippen LogP contribution in [0.5, 0.6) is 0 Å². The first-order valence-electron chi connectivity index (χ1n) is 8.57. The van der Waals surface area contributed by atoms with Crippen LogP contribution in [0.2, 0.25) is 0 Å². The van der Waals surface area contributed by atoms with Crippen molar-refractivity contribution in [3.8, 4) is 0 Å². The SMILES string of the molecule is Cl.Cl.NC(CC(=O)NC1CCN(Cc2ccccc2)C1)c1ccccc1. The van der Waals surface area contributed by atoms with Gasteiger partial charge >= 0.3 is 0 Å². The fourth-order valence-electron chi connectivity index (χ4n) is 3.24. The fourth-order valence-corrected chi connectivity index (χ4v) is 3.24. The molecule has 3 rings (SSSR count). The van der Waals surface area contributed by atoms with Crippen LogP contribution in [-0.4, -0.2) is 29.9 Å². The minimum atomic E-state index is -0.243. The summed E-state index contributed by atoms with van der Waals surface area (Å²) in [5, 5.41) is 3.13. The second kappa shape index (κ2) is 11.2. The molecule has 0 aromatic heterocycles. The van der Waals surface area contributed by atoms with Gasteiger partial charge in [-0.15, -0.1) is 24.8 Å². The van der Waals surface area contributed by atoms with E-state index in [-0.39, 0.29) is 42.8 Å². The lowest BCUT2D eigenvalue weighted by atomic mass is 10.0. The van der Waals surface area contributed by atoms with E-state index in [0.717, 1.165) is 31.6 Å². The third kappa shape index (κ3) is 6.61. The van der Waals surface area contributed by atoms with Gasteiger partial charge in [-0.1, -0.05) is 60.7 Å². The highest BCUT2D eigenvalue weighted by Crippen LogP contribution is 2.16. The zero-order valence-corrected chi connectivity index (χ0v) is 16.3. The molecule has 2 atom stereocenters. The normalized spacial score (nSPS) is 17.7. The van der Waals surface area contributed by atoms with Crippen LogP contribution < -0.4 is 11.1 Å². The first-order valence-corrected chi connectivity index (χ1v) is 8.57. The Morgan fingerprint density at radius 3 is 2.35 bits per heavy atom. The Labute approximate surface area is 168 Å². The van der Waals surface area contributed by atoms with Crippen LogP contribution in [0.4, 0.5) is 0 Å². The van der Waals surface area contributed by atoms with Gasteiger partial charge in [-0.3, -0.25) is 9.69 Å². The molecule has 1 aliphatic heterocycles. The number of halogens is 2. The fraction of sp³-hybridized carbons (Fsp3) is 0.350. The smallest absolute Gasteiger partial charge is 0.222 e. The maximum atomic E-state index is 12.2. The van der Waals surface area contributed by atoms with E-state index in [2.05, 4.69) is 34.5 Å². The van der Waals surface area contributed by atoms with Gasteiger partial charge in [0.2, 0.25) is 5.91 Å². The Kier molecular flexibility index (Phi) is 9.66. The molecule has 2 unspecified atom stereocenters. The summed E-state index contributed by atoms with van der Waals surface area (Å²) in [6.45, 7) is 2.86. The molecule has 1 aliphatic rings. The molecule has 1 saturated heterocycles. The summed E-state index contributed by atoms with van der Waals surface area (Å²) in [7, 11) is 0. The number of carbonyl (C=O) groups is 1. The van der Waals surface area contributed by atoms with Gasteiger partial charge in [0.05, 0.1) is 0 Å². The maximum Gasteiger partial charge on any atom is 0.222 e. The highest BCUT2D eigenvalue weighted by atomic mass is 35.5. The lowest BCUT2D eigenvalue weighted by molar-refractivity contribution is -0.122. The van der Waals surface area contributed by atoms with Crippen molar-refractivity contribution in [2.24, 2.45) is 5.73 Å². The third-order valence-corrected chi connectivity index (χ3v) is 4.52. The lowest BCUT2D eigenvalue weighted by Gasteiger charge is -2.18. The van der Waals surface area contributed by atoms with Gasteiger partial charge in [0.15, 0.2) is 0 Å². The topological polar surface area (TPSA) is 58.4 Å². The number of nitrogens with zero attached hydrogens (tertiary/aromatic N) is 1. The zero-order chi connectivity index (χ0) is 16.8. The number of rotatable bonds is 6. The Bertz CT molecular complexity index is 655. The Morgan fingerprint density at radius 2 is 1.69 bits per heavy atom. The van der Waals surface area contributed by atoms with E-state index >= 15 is 0 Å². The molecule has 0 radical (unpaired) electrons. The maximum absolute atomic E-state index is 12.2. The monoisotopic (exact) mass is 395 g/mol. The van der Waals surface area contributed by atoms with Crippen LogP contribution in [-0.2, 0) is 11.3 Å². The van der Waals surface area contributed by atoms with Crippen LogP contribution in [0, 0.1) is 0 Å². The molecule has 2 aromatic carbocycles. The van der Waals surface area contributed by atoms with Crippen molar-refractivity contribution < 1.29 is 4.79 Å². The molecule has 1 amide bonds. The Balaban J connectivity index is 0.00000169. The van der Waals surface area contributed by atoms with Crippen LogP contribution >= 0.6 is 24.8 Å². The van der Waals surface area contributed by atoms with Gasteiger partial charge in [0.1, 0.15) is 0 Å². The second-order valence-corrected chi connectivity index (χ2v) is 6.50. The number of amides is 1. The molecule has 142 valence electrons. The quantitative estimate of drug-likeness (QED) is 0.788. The summed E-state index contributed by atoms with van der Waals surface area (Å²) >= 11 is 0. The summed E-state index contributed by atoms with van der Waals surface area (Å²) in [4.78, 5) is 14.6. The van der Waals surface area contributed by atoms with E-state index in [0.29, 0.717) is 6.42 Å². The van der Waals surface area contributed by atoms with Crippen molar-refractivity contribution in [3.05, 3.63) is 71.8 Å². The predicted molar refractivity (Wildman–Crippen MR) is 111 cm³/mol. The lowest BCUT2D eigenvalue weighted by Crippen LogP contribution is -2.38. The van der Waals surface area contributed by atoms with Crippen molar-refractivity contribution in [1.82, 2.24) is 10.2 Å². The molecule has 1 fully saturated rings. The van der Waals surface area contributed by atoms with Gasteiger partial charge in [-0.2, -0.15) is 0 Å². The van der Waals surface area contributed by atoms with E-state index in [1.165, 1.54) is 5.56 Å². The van der Waals surface area contributed by atoms with Crippen LogP contribution in [0.1, 0.15) is 30.0 Å². The third-order valence-electron chi connectivity index (χ3n) is 4.52. The van der Waals surface area contributed by atoms with Crippen molar-refractivity contribution in [1.29, 1.82) is 0 Å². The van der Waals surface area contributed by atoms with Crippen molar-refractivity contribution in [2.75, 3.05) is 13.1 Å². The highest BCUT2D eigenvalue weighted by molar-refractivity contribution is 5.85. The first-order chi connectivity index (χ1) is 11.7. The highest BCUT2D eigenvalue weighted by Gasteiger charge is 2.24. The largest absolute Gasteiger partial charge is 0.352 e. The Morgan fingerprint density at radius 1 is 1.08 bits per heavy atom. The number of carbonyl (C=O) groups excluding carboxylic acids is 1. The molecule has 0 spiro atoms. The molecular formula is C20H27Cl2N3O. The first kappa shape index (κ1) is 22.5. The van der Waals surface area contributed by atoms with Crippen LogP contribution in [0.3, 0.4) is 0 Å². The predicted octanol–water partition coefficient (Wildman–Crippen LogP) is 3.31. The summed E-state index contributed by atoms with van der Waals surface area (Å²) in [6, 6.07) is 20.2. The zero-order valence-electron chi connectivity index (χ0n) is 14.7. The summed E-state index contributed by atoms with van der Waals surface area (Å²) < 4.78 is 0. The van der Waals surface area contributed by atoms with Crippen molar-refractivity contribution in [3.63, 3.8) is 0 Å². The van der Waals surface area contributed by atoms with E-state index in [1.54, 1.807) is 0 Å². The number of nitrogens with two attached hydrogens (primary N) is 1. The number of nitrogens with one attached hydrogen (secondary N) is 1. The second-order valence-electron chi connectivity index (χ2n) is 6.50. The number of hydrogen-bond acceptors (Lipinski definition) is 3. The van der Waals surface area contributed by atoms with Crippen LogP contribution in [0.25, 0.3) is 0 Å². The van der Waals surface area contributed by atoms with Gasteiger partial charge in [-0.05, 0) is 17.5 Å². The number of hydrogen-bond donors (Lipinski definition) is 2. The summed E-state index contributed by atoms with van der Waals surface area (Å²) in [6.07, 6.45) is 1.33. The molecule has 4 nitrogen and oxygen atoms in total. The standard InChI is InChI=1S/C20H25N3O.2ClH/c21-19(17-9-5-2-6-10-17)13-20(24)22-18-11-12-23(15-18)14-16-7-3-1-4-8-16;;/h1-10,18-19H,11-15,21H2,(H,22,24);2*1H. The van der Waals surface area contributed by atoms with E-state index < -0.39 is 0 Å². The van der Waals surface area contributed by atoms with Crippen LogP contribution in [0.15, 0.2) is 60.7 Å². The van der Waals surface area contributed by atoms with Gasteiger partial charge < -0.3 is 11.1 Å². The molecule has 2 aromatic rings. The molecule has 26 heavy (non-hydrogen) atoms. The van der Waals surface area contributed by atoms with E-state index in [9.17, 15) is 4.79 Å². The van der Waals surface area contributed by atoms with Gasteiger partial charge in [0, 0.05) is 38.1 Å². The summed E-state index contributed by atoms with van der Waals surface area (Å²) in [5.41, 5.74) is 8.45. The average molecular weight is 396 g/mol. The van der Waals surface area contributed by atoms with Crippen molar-refractivity contribution >= 4 is 30.7 Å². The van der Waals surface area contributed by atoms with Gasteiger partial charge in [0.25, 0.3) is 0 Å². The minimum Gasteiger partial charge on any atom is -0.352 e. The number of likely N-dealkylation sites (tertiary alicyclic amines) is 1. The van der Waals surface area contributed by atoms with E-state index in [4.69, 9.17) is 5.73 Å². The Hall–Kier alpha value is -1.59. The van der Waals surface area contributed by atoms with Crippen molar-refractivity contribution in [2.45, 2.75) is 31.5 Å². The molecule has 1 heterocycles. The molecule has 3 N–H and O–H groups in total. The molecule has 0 aliphatic carbocycles.